The normalized spacial score (nSPS) is 13.1. The lowest BCUT2D eigenvalue weighted by Gasteiger charge is -2.22. The molecular formula is C29H41N3O3. The summed E-state index contributed by atoms with van der Waals surface area (Å²) in [5.74, 6) is 1.36. The summed E-state index contributed by atoms with van der Waals surface area (Å²) in [4.78, 5) is 15.7. The van der Waals surface area contributed by atoms with Gasteiger partial charge in [-0.3, -0.25) is 4.79 Å². The summed E-state index contributed by atoms with van der Waals surface area (Å²) in [5.41, 5.74) is 3.28. The number of ether oxygens (including phenoxy) is 2. The Morgan fingerprint density at radius 1 is 1.06 bits per heavy atom. The lowest BCUT2D eigenvalue weighted by atomic mass is 9.87. The summed E-state index contributed by atoms with van der Waals surface area (Å²) >= 11 is 0. The summed E-state index contributed by atoms with van der Waals surface area (Å²) in [5, 5.41) is 4.40. The van der Waals surface area contributed by atoms with Crippen LogP contribution < -0.4 is 14.8 Å². The first-order valence-corrected chi connectivity index (χ1v) is 12.7. The first-order chi connectivity index (χ1) is 16.9. The maximum absolute atomic E-state index is 13.3. The van der Waals surface area contributed by atoms with Crippen molar-refractivity contribution >= 4 is 16.8 Å². The number of amides is 1. The van der Waals surface area contributed by atoms with E-state index in [4.69, 9.17) is 9.47 Å². The van der Waals surface area contributed by atoms with Gasteiger partial charge in [0.25, 0.3) is 0 Å². The van der Waals surface area contributed by atoms with Crippen molar-refractivity contribution < 1.29 is 14.3 Å². The van der Waals surface area contributed by atoms with Crippen LogP contribution in [0.5, 0.6) is 11.5 Å². The molecule has 1 N–H and O–H groups in total. The standard InChI is InChI=1S/C29H41N3O3/c1-7-32(8-2)15-11-12-21(3)30-29(33)19-26(22-16-23(34-5)18-24(17-22)35-6)27-20-31(4)28-14-10-9-13-25(27)28/h9-10,13-14,16-18,20-21,26H,7-8,11-12,15,19H2,1-6H3,(H,30,33)/t21-,26-/m0/s1. The molecule has 6 heteroatoms. The number of carbonyl (C=O) groups excluding carboxylic acids is 1. The molecule has 0 saturated heterocycles. The van der Waals surface area contributed by atoms with Gasteiger partial charge in [-0.1, -0.05) is 32.0 Å². The van der Waals surface area contributed by atoms with Crippen LogP contribution in [-0.2, 0) is 11.8 Å². The number of nitrogens with zero attached hydrogens (tertiary/aromatic N) is 2. The SMILES string of the molecule is CCN(CC)CCC[C@H](C)NC(=O)C[C@@H](c1cc(OC)cc(OC)c1)c1cn(C)c2ccccc12. The highest BCUT2D eigenvalue weighted by atomic mass is 16.5. The van der Waals surface area contributed by atoms with Crippen LogP contribution in [0.15, 0.2) is 48.7 Å². The lowest BCUT2D eigenvalue weighted by Crippen LogP contribution is -2.34. The Morgan fingerprint density at radius 2 is 1.71 bits per heavy atom. The molecule has 1 aromatic heterocycles. The highest BCUT2D eigenvalue weighted by Crippen LogP contribution is 2.37. The molecule has 6 nitrogen and oxygen atoms in total. The Labute approximate surface area is 210 Å². The number of rotatable bonds is 13. The lowest BCUT2D eigenvalue weighted by molar-refractivity contribution is -0.121. The van der Waals surface area contributed by atoms with Gasteiger partial charge >= 0.3 is 0 Å². The van der Waals surface area contributed by atoms with Crippen molar-refractivity contribution in [3.63, 3.8) is 0 Å². The Bertz CT molecular complexity index is 1080. The summed E-state index contributed by atoms with van der Waals surface area (Å²) in [7, 11) is 5.35. The molecule has 0 unspecified atom stereocenters. The van der Waals surface area contributed by atoms with Gasteiger partial charge < -0.3 is 24.3 Å². The molecule has 0 aliphatic heterocycles. The number of benzene rings is 2. The third kappa shape index (κ3) is 6.79. The monoisotopic (exact) mass is 479 g/mol. The number of hydrogen-bond acceptors (Lipinski definition) is 4. The first-order valence-electron chi connectivity index (χ1n) is 12.7. The third-order valence-corrected chi connectivity index (χ3v) is 6.88. The number of hydrogen-bond donors (Lipinski definition) is 1. The van der Waals surface area contributed by atoms with Gasteiger partial charge in [0.15, 0.2) is 0 Å². The van der Waals surface area contributed by atoms with Crippen molar-refractivity contribution in [3.8, 4) is 11.5 Å². The average molecular weight is 480 g/mol. The summed E-state index contributed by atoms with van der Waals surface area (Å²) in [6.07, 6.45) is 4.53. The van der Waals surface area contributed by atoms with E-state index in [1.54, 1.807) is 14.2 Å². The van der Waals surface area contributed by atoms with Gasteiger partial charge in [0.05, 0.1) is 14.2 Å². The van der Waals surface area contributed by atoms with Gasteiger partial charge in [-0.2, -0.15) is 0 Å². The number of carbonyl (C=O) groups is 1. The summed E-state index contributed by atoms with van der Waals surface area (Å²) in [6, 6.07) is 14.3. The van der Waals surface area contributed by atoms with Crippen LogP contribution in [0, 0.1) is 0 Å². The van der Waals surface area contributed by atoms with Crippen molar-refractivity contribution in [2.24, 2.45) is 7.05 Å². The summed E-state index contributed by atoms with van der Waals surface area (Å²) in [6.45, 7) is 9.67. The van der Waals surface area contributed by atoms with E-state index in [0.29, 0.717) is 6.42 Å². The van der Waals surface area contributed by atoms with E-state index in [1.165, 1.54) is 0 Å². The predicted molar refractivity (Wildman–Crippen MR) is 144 cm³/mol. The smallest absolute Gasteiger partial charge is 0.221 e. The van der Waals surface area contributed by atoms with Crippen LogP contribution in [0.25, 0.3) is 10.9 Å². The van der Waals surface area contributed by atoms with E-state index in [9.17, 15) is 4.79 Å². The van der Waals surface area contributed by atoms with Gasteiger partial charge in [-0.25, -0.2) is 0 Å². The molecule has 1 amide bonds. The van der Waals surface area contributed by atoms with Gasteiger partial charge in [-0.15, -0.1) is 0 Å². The maximum Gasteiger partial charge on any atom is 0.221 e. The molecular weight excluding hydrogens is 438 g/mol. The fourth-order valence-corrected chi connectivity index (χ4v) is 4.84. The largest absolute Gasteiger partial charge is 0.497 e. The van der Waals surface area contributed by atoms with Gasteiger partial charge in [0.2, 0.25) is 5.91 Å². The fraction of sp³-hybridized carbons (Fsp3) is 0.483. The fourth-order valence-electron chi connectivity index (χ4n) is 4.84. The first kappa shape index (κ1) is 26.6. The summed E-state index contributed by atoms with van der Waals surface area (Å²) < 4.78 is 13.2. The molecule has 0 radical (unpaired) electrons. The van der Waals surface area contributed by atoms with Crippen molar-refractivity contribution in [2.45, 2.75) is 52.0 Å². The van der Waals surface area contributed by atoms with E-state index >= 15 is 0 Å². The van der Waals surface area contributed by atoms with Gasteiger partial charge in [0, 0.05) is 48.6 Å². The molecule has 0 saturated carbocycles. The topological polar surface area (TPSA) is 55.7 Å². The number of para-hydroxylation sites is 1. The second-order valence-corrected chi connectivity index (χ2v) is 9.25. The predicted octanol–water partition coefficient (Wildman–Crippen LogP) is 5.34. The zero-order chi connectivity index (χ0) is 25.4. The molecule has 0 aliphatic carbocycles. The molecule has 2 atom stereocenters. The van der Waals surface area contributed by atoms with E-state index in [0.717, 1.165) is 66.0 Å². The van der Waals surface area contributed by atoms with Crippen molar-refractivity contribution in [3.05, 3.63) is 59.8 Å². The van der Waals surface area contributed by atoms with E-state index in [1.807, 2.05) is 37.4 Å². The minimum absolute atomic E-state index is 0.0556. The second kappa shape index (κ2) is 12.6. The third-order valence-electron chi connectivity index (χ3n) is 6.88. The zero-order valence-electron chi connectivity index (χ0n) is 22.1. The Balaban J connectivity index is 1.85. The van der Waals surface area contributed by atoms with Crippen LogP contribution in [0.2, 0.25) is 0 Å². The number of aromatic nitrogens is 1. The van der Waals surface area contributed by atoms with E-state index in [2.05, 4.69) is 53.9 Å². The highest BCUT2D eigenvalue weighted by Gasteiger charge is 2.24. The van der Waals surface area contributed by atoms with E-state index < -0.39 is 0 Å². The molecule has 0 fully saturated rings. The van der Waals surface area contributed by atoms with E-state index in [-0.39, 0.29) is 17.9 Å². The molecule has 3 rings (SSSR count). The van der Waals surface area contributed by atoms with Crippen molar-refractivity contribution in [2.75, 3.05) is 33.9 Å². The number of nitrogens with one attached hydrogen (secondary N) is 1. The zero-order valence-corrected chi connectivity index (χ0v) is 22.1. The minimum atomic E-state index is -0.132. The minimum Gasteiger partial charge on any atom is -0.497 e. The van der Waals surface area contributed by atoms with Gasteiger partial charge in [-0.05, 0) is 68.7 Å². The maximum atomic E-state index is 13.3. The molecule has 1 heterocycles. The van der Waals surface area contributed by atoms with Crippen LogP contribution in [0.3, 0.4) is 0 Å². The number of methoxy groups -OCH3 is 2. The van der Waals surface area contributed by atoms with Crippen LogP contribution >= 0.6 is 0 Å². The second-order valence-electron chi connectivity index (χ2n) is 9.25. The quantitative estimate of drug-likeness (QED) is 0.359. The highest BCUT2D eigenvalue weighted by molar-refractivity contribution is 5.86. The van der Waals surface area contributed by atoms with Crippen molar-refractivity contribution in [1.82, 2.24) is 14.8 Å². The molecule has 0 aliphatic rings. The van der Waals surface area contributed by atoms with Gasteiger partial charge in [0.1, 0.15) is 11.5 Å². The van der Waals surface area contributed by atoms with Crippen molar-refractivity contribution in [1.29, 1.82) is 0 Å². The number of aryl methyl sites for hydroxylation is 1. The number of fused-ring (bicyclic) bond motifs is 1. The van der Waals surface area contributed by atoms with Crippen LogP contribution in [-0.4, -0.2) is 55.3 Å². The molecule has 0 bridgehead atoms. The average Bonchev–Trinajstić information content (AvgIpc) is 3.21. The molecule has 35 heavy (non-hydrogen) atoms. The molecule has 0 spiro atoms. The Morgan fingerprint density at radius 3 is 2.34 bits per heavy atom. The van der Waals surface area contributed by atoms with Crippen LogP contribution in [0.1, 0.15) is 57.1 Å². The molecule has 2 aromatic carbocycles. The molecule has 190 valence electrons. The van der Waals surface area contributed by atoms with Crippen LogP contribution in [0.4, 0.5) is 0 Å². The Hall–Kier alpha value is -2.99. The molecule has 3 aromatic rings. The Kier molecular flexibility index (Phi) is 9.61.